The predicted octanol–water partition coefficient (Wildman–Crippen LogP) is 2.48. The molecule has 0 saturated heterocycles. The molecule has 0 saturated carbocycles. The highest BCUT2D eigenvalue weighted by Gasteiger charge is 1.35. The molecule has 2 nitrogen and oxygen atoms in total. The largest absolute Gasteiger partial charge is 0.0776 e. The molecule has 0 bridgehead atoms. The normalized spacial score (nSPS) is 3.00. The summed E-state index contributed by atoms with van der Waals surface area (Å²) in [5, 5.41) is 0. The van der Waals surface area contributed by atoms with Gasteiger partial charge in [0.05, 0.1) is 0 Å². The number of rotatable bonds is 0. The van der Waals surface area contributed by atoms with Crippen LogP contribution in [0, 0.1) is 0 Å². The van der Waals surface area contributed by atoms with E-state index in [-0.39, 0.29) is 19.1 Å². The van der Waals surface area contributed by atoms with Gasteiger partial charge >= 0.3 is 0 Å². The molecule has 0 aliphatic heterocycles. The van der Waals surface area contributed by atoms with E-state index in [4.69, 9.17) is 0 Å². The van der Waals surface area contributed by atoms with Crippen LogP contribution in [0.25, 0.3) is 0 Å². The van der Waals surface area contributed by atoms with Crippen molar-refractivity contribution in [3.05, 3.63) is 0 Å². The van der Waals surface area contributed by atoms with Crippen molar-refractivity contribution in [3.63, 3.8) is 0 Å². The monoisotopic (exact) mass is 120 g/mol. The average molecular weight is 120 g/mol. The van der Waals surface area contributed by atoms with E-state index in [1.54, 1.807) is 0 Å². The maximum absolute atomic E-state index is 2.12. The van der Waals surface area contributed by atoms with Crippen LogP contribution in [0.3, 0.4) is 0 Å². The van der Waals surface area contributed by atoms with Crippen LogP contribution in [0.2, 0.25) is 0 Å². The van der Waals surface area contributed by atoms with Crippen molar-refractivity contribution in [2.24, 2.45) is 0 Å². The summed E-state index contributed by atoms with van der Waals surface area (Å²) in [4.78, 5) is 0. The molecule has 0 aromatic heterocycles. The Labute approximate surface area is 54.2 Å². The summed E-state index contributed by atoms with van der Waals surface area (Å²) in [7, 11) is 0. The van der Waals surface area contributed by atoms with Crippen LogP contribution in [0.1, 0.15) is 41.5 Å². The smallest absolute Gasteiger partial charge is 0 e. The minimum atomic E-state index is 0. The van der Waals surface area contributed by atoms with Crippen molar-refractivity contribution in [1.82, 2.24) is 6.15 Å². The van der Waals surface area contributed by atoms with Gasteiger partial charge in [0.1, 0.15) is 0 Å². The second-order valence-electron chi connectivity index (χ2n) is 0.707. The van der Waals surface area contributed by atoms with Crippen LogP contribution >= 0.6 is 0 Å². The molecule has 53 valence electrons. The minimum absolute atomic E-state index is 0. The molecule has 0 aliphatic rings. The Hall–Kier alpha value is -0.0800. The highest BCUT2D eigenvalue weighted by molar-refractivity contribution is 3.92. The first-order valence-electron chi connectivity index (χ1n) is 2.41. The Morgan fingerprint density at radius 2 is 1.00 bits per heavy atom. The fourth-order valence-electron chi connectivity index (χ4n) is 0. The van der Waals surface area contributed by atoms with E-state index in [1.807, 2.05) is 13.8 Å². The molecule has 0 rings (SSSR count). The Kier molecular flexibility index (Phi) is 1590. The Bertz CT molecular complexity index is 8.49. The van der Waals surface area contributed by atoms with Crippen molar-refractivity contribution < 1.29 is 5.48 Å². The van der Waals surface area contributed by atoms with Crippen LogP contribution in [0.5, 0.6) is 0 Å². The quantitative estimate of drug-likeness (QED) is 0.471. The molecule has 0 aromatic carbocycles. The fourth-order valence-corrected chi connectivity index (χ4v) is 0. The molecule has 0 aromatic rings. The van der Waals surface area contributed by atoms with Crippen LogP contribution in [-0.2, 0) is 5.48 Å². The van der Waals surface area contributed by atoms with Gasteiger partial charge in [-0.15, -0.1) is 0 Å². The van der Waals surface area contributed by atoms with E-state index >= 15 is 0 Å². The van der Waals surface area contributed by atoms with Crippen LogP contribution in [0.4, 0.5) is 0 Å². The maximum atomic E-state index is 2.12. The maximum Gasteiger partial charge on any atom is 0 e. The van der Waals surface area contributed by atoms with Gasteiger partial charge in [0.25, 0.3) is 0 Å². The summed E-state index contributed by atoms with van der Waals surface area (Å²) in [6, 6.07) is 0. The SMILES string of the molecule is C.CC.CCC.[N].[O]. The highest BCUT2D eigenvalue weighted by atomic mass is 16.0. The zero-order chi connectivity index (χ0) is 4.71. The molecule has 0 amide bonds. The second kappa shape index (κ2) is 287. The third-order valence-electron chi connectivity index (χ3n) is 0. The molecule has 0 spiro atoms. The van der Waals surface area contributed by atoms with Gasteiger partial charge in [-0.05, 0) is 0 Å². The lowest BCUT2D eigenvalue weighted by Gasteiger charge is -1.48. The molecule has 2 heteroatoms. The topological polar surface area (TPSA) is 59.0 Å². The minimum Gasteiger partial charge on any atom is -0.0776 e. The van der Waals surface area contributed by atoms with Crippen molar-refractivity contribution in [2.45, 2.75) is 41.5 Å². The lowest BCUT2D eigenvalue weighted by molar-refractivity contribution is 0.686. The van der Waals surface area contributed by atoms with E-state index in [1.165, 1.54) is 6.42 Å². The summed E-state index contributed by atoms with van der Waals surface area (Å²) in [6.07, 6.45) is 1.25. The first-order valence-corrected chi connectivity index (χ1v) is 2.41. The lowest BCUT2D eigenvalue weighted by Crippen LogP contribution is -1.27. The van der Waals surface area contributed by atoms with Gasteiger partial charge in [-0.2, -0.15) is 0 Å². The van der Waals surface area contributed by atoms with Crippen molar-refractivity contribution in [1.29, 1.82) is 0 Å². The molecule has 0 N–H and O–H groups in total. The van der Waals surface area contributed by atoms with Crippen molar-refractivity contribution in [2.75, 3.05) is 0 Å². The summed E-state index contributed by atoms with van der Waals surface area (Å²) in [5.74, 6) is 0. The molecule has 0 unspecified atom stereocenters. The van der Waals surface area contributed by atoms with E-state index in [9.17, 15) is 0 Å². The fraction of sp³-hybridized carbons (Fsp3) is 1.00. The molecular weight excluding hydrogens is 102 g/mol. The van der Waals surface area contributed by atoms with E-state index in [0.29, 0.717) is 0 Å². The van der Waals surface area contributed by atoms with E-state index in [0.717, 1.165) is 0 Å². The number of hydrogen-bond acceptors (Lipinski definition) is 0. The zero-order valence-electron chi connectivity index (χ0n) is 5.56. The summed E-state index contributed by atoms with van der Waals surface area (Å²) in [6.45, 7) is 8.25. The van der Waals surface area contributed by atoms with Gasteiger partial charge in [-0.1, -0.05) is 41.5 Å². The van der Waals surface area contributed by atoms with Gasteiger partial charge in [0.2, 0.25) is 0 Å². The van der Waals surface area contributed by atoms with E-state index in [2.05, 4.69) is 13.8 Å². The molecule has 0 atom stereocenters. The number of nitrogens with zero attached hydrogens (tertiary/aromatic N) is 1. The summed E-state index contributed by atoms with van der Waals surface area (Å²) < 4.78 is 0. The molecule has 0 aliphatic carbocycles. The first kappa shape index (κ1) is 44.5. The van der Waals surface area contributed by atoms with Crippen LogP contribution in [0.15, 0.2) is 0 Å². The molecule has 8 heavy (non-hydrogen) atoms. The Morgan fingerprint density at radius 3 is 1.00 bits per heavy atom. The van der Waals surface area contributed by atoms with Gasteiger partial charge in [0.15, 0.2) is 0 Å². The summed E-state index contributed by atoms with van der Waals surface area (Å²) >= 11 is 0. The van der Waals surface area contributed by atoms with Crippen LogP contribution < -0.4 is 6.15 Å². The standard InChI is InChI=1S/C3H8.C2H6.CH4.N.O/c1-3-2;1-2;;;/h3H2,1-2H3;1-2H3;1H4;;. The summed E-state index contributed by atoms with van der Waals surface area (Å²) in [5.41, 5.74) is 0. The van der Waals surface area contributed by atoms with Crippen molar-refractivity contribution >= 4 is 0 Å². The second-order valence-corrected chi connectivity index (χ2v) is 0.707. The molecular formula is C6H18NO. The lowest BCUT2D eigenvalue weighted by atomic mass is 10.6. The average Bonchev–Trinajstić information content (AvgIpc) is 1.46. The number of hydrogen-bond donors (Lipinski definition) is 0. The van der Waals surface area contributed by atoms with Gasteiger partial charge in [-0.3, -0.25) is 0 Å². The van der Waals surface area contributed by atoms with Gasteiger partial charge in [-0.25, -0.2) is 0 Å². The third-order valence-corrected chi connectivity index (χ3v) is 0. The highest BCUT2D eigenvalue weighted by Crippen LogP contribution is 1.56. The third kappa shape index (κ3) is 22400. The molecule has 0 fully saturated rings. The van der Waals surface area contributed by atoms with Crippen LogP contribution in [-0.4, -0.2) is 0 Å². The van der Waals surface area contributed by atoms with Crippen molar-refractivity contribution in [3.8, 4) is 0 Å². The molecule has 0 heterocycles. The Morgan fingerprint density at radius 1 is 1.00 bits per heavy atom. The van der Waals surface area contributed by atoms with Gasteiger partial charge < -0.3 is 0 Å². The van der Waals surface area contributed by atoms with E-state index < -0.39 is 0 Å². The molecule has 5 radical (unpaired) electrons. The van der Waals surface area contributed by atoms with Gasteiger partial charge in [0, 0.05) is 11.6 Å². The predicted molar refractivity (Wildman–Crippen MR) is 36.9 cm³/mol. The Balaban J connectivity index is -0.00000000567. The first-order chi connectivity index (χ1) is 2.41. The zero-order valence-corrected chi connectivity index (χ0v) is 5.56.